The lowest BCUT2D eigenvalue weighted by Gasteiger charge is -2.37. The number of hydrogen-bond acceptors (Lipinski definition) is 3. The van der Waals surface area contributed by atoms with Crippen LogP contribution in [0.3, 0.4) is 0 Å². The zero-order valence-electron chi connectivity index (χ0n) is 12.3. The summed E-state index contributed by atoms with van der Waals surface area (Å²) in [5.74, 6) is 0.338. The molecule has 2 fully saturated rings. The van der Waals surface area contributed by atoms with Gasteiger partial charge in [0.05, 0.1) is 0 Å². The van der Waals surface area contributed by atoms with E-state index in [0.29, 0.717) is 18.4 Å². The first-order chi connectivity index (χ1) is 9.16. The van der Waals surface area contributed by atoms with Gasteiger partial charge < -0.3 is 10.6 Å². The Balaban J connectivity index is 1.74. The van der Waals surface area contributed by atoms with Crippen LogP contribution < -0.4 is 5.73 Å². The Morgan fingerprint density at radius 1 is 1.26 bits per heavy atom. The molecule has 2 heterocycles. The maximum atomic E-state index is 12.2. The van der Waals surface area contributed by atoms with Crippen molar-refractivity contribution >= 4 is 5.91 Å². The molecule has 0 aromatic carbocycles. The second-order valence-electron chi connectivity index (χ2n) is 6.25. The van der Waals surface area contributed by atoms with Crippen LogP contribution >= 0.6 is 0 Å². The molecule has 2 N–H and O–H groups in total. The average Bonchev–Trinajstić information content (AvgIpc) is 2.92. The maximum absolute atomic E-state index is 12.2. The van der Waals surface area contributed by atoms with Gasteiger partial charge in [-0.05, 0) is 58.5 Å². The Labute approximate surface area is 117 Å². The van der Waals surface area contributed by atoms with E-state index in [9.17, 15) is 4.79 Å². The number of carbonyl (C=O) groups excluding carboxylic acids is 1. The minimum Gasteiger partial charge on any atom is -0.341 e. The summed E-state index contributed by atoms with van der Waals surface area (Å²) in [4.78, 5) is 16.9. The van der Waals surface area contributed by atoms with Gasteiger partial charge in [-0.2, -0.15) is 0 Å². The van der Waals surface area contributed by atoms with Gasteiger partial charge >= 0.3 is 0 Å². The molecule has 0 aromatic heterocycles. The average molecular weight is 267 g/mol. The lowest BCUT2D eigenvalue weighted by molar-refractivity contribution is -0.133. The zero-order valence-corrected chi connectivity index (χ0v) is 12.3. The number of piperidine rings is 1. The molecule has 0 aliphatic carbocycles. The quantitative estimate of drug-likeness (QED) is 0.823. The van der Waals surface area contributed by atoms with Gasteiger partial charge in [0.25, 0.3) is 0 Å². The first kappa shape index (κ1) is 14.8. The molecular weight excluding hydrogens is 238 g/mol. The van der Waals surface area contributed by atoms with Crippen molar-refractivity contribution < 1.29 is 4.79 Å². The van der Waals surface area contributed by atoms with E-state index in [0.717, 1.165) is 25.9 Å². The second kappa shape index (κ2) is 7.25. The number of hydrogen-bond donors (Lipinski definition) is 1. The molecule has 2 aliphatic heterocycles. The van der Waals surface area contributed by atoms with Crippen molar-refractivity contribution in [1.29, 1.82) is 0 Å². The van der Waals surface area contributed by atoms with Crippen LogP contribution in [0.4, 0.5) is 0 Å². The van der Waals surface area contributed by atoms with Crippen molar-refractivity contribution in [2.24, 2.45) is 5.73 Å². The van der Waals surface area contributed by atoms with E-state index in [1.54, 1.807) is 0 Å². The highest BCUT2D eigenvalue weighted by Gasteiger charge is 2.28. The lowest BCUT2D eigenvalue weighted by Crippen LogP contribution is -2.48. The van der Waals surface area contributed by atoms with Crippen LogP contribution in [0.5, 0.6) is 0 Å². The van der Waals surface area contributed by atoms with Crippen molar-refractivity contribution in [3.63, 3.8) is 0 Å². The number of likely N-dealkylation sites (tertiary alicyclic amines) is 2. The molecule has 0 aromatic rings. The Bertz CT molecular complexity index is 287. The fourth-order valence-corrected chi connectivity index (χ4v) is 3.32. The number of amides is 1. The minimum absolute atomic E-state index is 0.214. The van der Waals surface area contributed by atoms with Gasteiger partial charge in [0.1, 0.15) is 0 Å². The summed E-state index contributed by atoms with van der Waals surface area (Å²) in [7, 11) is 0. The minimum atomic E-state index is 0.214. The van der Waals surface area contributed by atoms with Crippen LogP contribution in [0, 0.1) is 0 Å². The maximum Gasteiger partial charge on any atom is 0.222 e. The van der Waals surface area contributed by atoms with E-state index in [1.165, 1.54) is 38.8 Å². The summed E-state index contributed by atoms with van der Waals surface area (Å²) in [6.45, 7) is 6.39. The monoisotopic (exact) mass is 267 g/mol. The van der Waals surface area contributed by atoms with E-state index in [1.807, 2.05) is 6.92 Å². The number of nitrogens with zero attached hydrogens (tertiary/aromatic N) is 2. The van der Waals surface area contributed by atoms with Gasteiger partial charge in [0.15, 0.2) is 0 Å². The molecule has 0 radical (unpaired) electrons. The molecule has 4 nitrogen and oxygen atoms in total. The summed E-state index contributed by atoms with van der Waals surface area (Å²) in [6.07, 6.45) is 7.66. The Hall–Kier alpha value is -0.610. The van der Waals surface area contributed by atoms with E-state index in [2.05, 4.69) is 9.80 Å². The summed E-state index contributed by atoms with van der Waals surface area (Å²) in [5, 5.41) is 0. The molecule has 0 bridgehead atoms. The summed E-state index contributed by atoms with van der Waals surface area (Å²) >= 11 is 0. The standard InChI is InChI=1S/C15H29N3O/c1-13(16)6-4-8-15(19)18-11-5-7-14(12-18)17-9-2-3-10-17/h13-14H,2-12,16H2,1H3. The highest BCUT2D eigenvalue weighted by molar-refractivity contribution is 5.76. The van der Waals surface area contributed by atoms with Gasteiger partial charge in [0, 0.05) is 31.6 Å². The topological polar surface area (TPSA) is 49.6 Å². The molecule has 2 atom stereocenters. The third-order valence-corrected chi connectivity index (χ3v) is 4.46. The highest BCUT2D eigenvalue weighted by Crippen LogP contribution is 2.21. The first-order valence-corrected chi connectivity index (χ1v) is 7.94. The third-order valence-electron chi connectivity index (χ3n) is 4.46. The predicted octanol–water partition coefficient (Wildman–Crippen LogP) is 1.59. The van der Waals surface area contributed by atoms with Crippen molar-refractivity contribution in [2.45, 2.75) is 64.0 Å². The number of nitrogens with two attached hydrogens (primary N) is 1. The molecule has 19 heavy (non-hydrogen) atoms. The molecule has 2 aliphatic rings. The molecule has 4 heteroatoms. The largest absolute Gasteiger partial charge is 0.341 e. The fourth-order valence-electron chi connectivity index (χ4n) is 3.32. The molecule has 2 saturated heterocycles. The van der Waals surface area contributed by atoms with Crippen molar-refractivity contribution in [3.8, 4) is 0 Å². The third kappa shape index (κ3) is 4.46. The molecule has 0 spiro atoms. The van der Waals surface area contributed by atoms with Crippen molar-refractivity contribution in [3.05, 3.63) is 0 Å². The van der Waals surface area contributed by atoms with E-state index >= 15 is 0 Å². The van der Waals surface area contributed by atoms with Crippen LogP contribution in [-0.2, 0) is 4.79 Å². The lowest BCUT2D eigenvalue weighted by atomic mass is 10.0. The van der Waals surface area contributed by atoms with Gasteiger partial charge in [-0.15, -0.1) is 0 Å². The van der Waals surface area contributed by atoms with Gasteiger partial charge in [-0.25, -0.2) is 0 Å². The zero-order chi connectivity index (χ0) is 13.7. The van der Waals surface area contributed by atoms with Gasteiger partial charge in [-0.1, -0.05) is 0 Å². The second-order valence-corrected chi connectivity index (χ2v) is 6.25. The van der Waals surface area contributed by atoms with Crippen LogP contribution in [0.15, 0.2) is 0 Å². The molecule has 2 unspecified atom stereocenters. The normalized spacial score (nSPS) is 26.6. The van der Waals surface area contributed by atoms with Gasteiger partial charge in [0.2, 0.25) is 5.91 Å². The van der Waals surface area contributed by atoms with E-state index in [-0.39, 0.29) is 6.04 Å². The number of carbonyl (C=O) groups is 1. The molecule has 0 saturated carbocycles. The first-order valence-electron chi connectivity index (χ1n) is 7.94. The Morgan fingerprint density at radius 2 is 2.00 bits per heavy atom. The highest BCUT2D eigenvalue weighted by atomic mass is 16.2. The van der Waals surface area contributed by atoms with Crippen LogP contribution in [0.2, 0.25) is 0 Å². The van der Waals surface area contributed by atoms with Crippen LogP contribution in [-0.4, -0.2) is 54.0 Å². The molecule has 110 valence electrons. The smallest absolute Gasteiger partial charge is 0.222 e. The van der Waals surface area contributed by atoms with Crippen molar-refractivity contribution in [2.75, 3.05) is 26.2 Å². The molecule has 2 rings (SSSR count). The van der Waals surface area contributed by atoms with Crippen LogP contribution in [0.1, 0.15) is 51.9 Å². The molecular formula is C15H29N3O. The summed E-state index contributed by atoms with van der Waals surface area (Å²) in [6, 6.07) is 0.833. The Kier molecular flexibility index (Phi) is 5.64. The summed E-state index contributed by atoms with van der Waals surface area (Å²) in [5.41, 5.74) is 5.73. The van der Waals surface area contributed by atoms with Gasteiger partial charge in [-0.3, -0.25) is 9.69 Å². The number of rotatable bonds is 5. The van der Waals surface area contributed by atoms with Crippen LogP contribution in [0.25, 0.3) is 0 Å². The Morgan fingerprint density at radius 3 is 2.68 bits per heavy atom. The van der Waals surface area contributed by atoms with E-state index < -0.39 is 0 Å². The fraction of sp³-hybridized carbons (Fsp3) is 0.933. The summed E-state index contributed by atoms with van der Waals surface area (Å²) < 4.78 is 0. The van der Waals surface area contributed by atoms with Crippen molar-refractivity contribution in [1.82, 2.24) is 9.80 Å². The predicted molar refractivity (Wildman–Crippen MR) is 77.9 cm³/mol. The van der Waals surface area contributed by atoms with E-state index in [4.69, 9.17) is 5.73 Å². The molecule has 1 amide bonds. The SMILES string of the molecule is CC(N)CCCC(=O)N1CCCC(N2CCCC2)C1.